The first kappa shape index (κ1) is 22.7. The van der Waals surface area contributed by atoms with Crippen molar-refractivity contribution in [3.63, 3.8) is 0 Å². The van der Waals surface area contributed by atoms with Crippen molar-refractivity contribution < 1.29 is 9.21 Å². The van der Waals surface area contributed by atoms with Gasteiger partial charge < -0.3 is 9.73 Å². The number of furan rings is 1. The van der Waals surface area contributed by atoms with E-state index < -0.39 is 0 Å². The number of amides is 1. The van der Waals surface area contributed by atoms with Crippen LogP contribution >= 0.6 is 46.1 Å². The van der Waals surface area contributed by atoms with E-state index in [9.17, 15) is 4.79 Å². The van der Waals surface area contributed by atoms with Crippen molar-refractivity contribution in [3.05, 3.63) is 99.7 Å². The monoisotopic (exact) mass is 524 g/mol. The lowest BCUT2D eigenvalue weighted by Crippen LogP contribution is -2.08. The smallest absolute Gasteiger partial charge is 0.248 e. The van der Waals surface area contributed by atoms with Gasteiger partial charge in [-0.05, 0) is 60.7 Å². The molecule has 5 rings (SSSR count). The van der Waals surface area contributed by atoms with Crippen molar-refractivity contribution in [1.29, 1.82) is 0 Å². The number of hydrogen-bond donors (Lipinski definition) is 1. The maximum absolute atomic E-state index is 12.5. The summed E-state index contributed by atoms with van der Waals surface area (Å²) in [5.41, 5.74) is 3.06. The van der Waals surface area contributed by atoms with Gasteiger partial charge in [0.2, 0.25) is 5.91 Å². The summed E-state index contributed by atoms with van der Waals surface area (Å²) < 4.78 is 6.89. The molecule has 0 bridgehead atoms. The van der Waals surface area contributed by atoms with E-state index in [1.807, 2.05) is 36.4 Å². The second-order valence-electron chi connectivity index (χ2n) is 7.36. The average molecular weight is 526 g/mol. The van der Waals surface area contributed by atoms with Crippen LogP contribution in [0.2, 0.25) is 15.1 Å². The quantitative estimate of drug-likeness (QED) is 0.233. The molecular formula is C26H15Cl3N2O2S. The Labute approximate surface area is 214 Å². The molecule has 0 radical (unpaired) electrons. The van der Waals surface area contributed by atoms with Gasteiger partial charge in [-0.25, -0.2) is 4.98 Å². The predicted molar refractivity (Wildman–Crippen MR) is 142 cm³/mol. The van der Waals surface area contributed by atoms with E-state index in [1.165, 1.54) is 6.08 Å². The molecule has 34 heavy (non-hydrogen) atoms. The van der Waals surface area contributed by atoms with Crippen LogP contribution in [0.25, 0.3) is 38.2 Å². The first-order valence-corrected chi connectivity index (χ1v) is 12.1. The largest absolute Gasteiger partial charge is 0.457 e. The number of rotatable bonds is 5. The molecule has 0 atom stereocenters. The Morgan fingerprint density at radius 1 is 0.912 bits per heavy atom. The van der Waals surface area contributed by atoms with Gasteiger partial charge in [0.25, 0.3) is 0 Å². The van der Waals surface area contributed by atoms with E-state index in [4.69, 9.17) is 39.2 Å². The molecule has 0 aliphatic rings. The standard InChI is InChI=1S/C26H15Cl3N2O2S/c27-17-11-16(12-18(28)14-17)23-9-6-19(33-23)7-10-25(32)30-22-13-15(5-8-20(22)29)26-31-21-3-1-2-4-24(21)34-26/h1-14H,(H,30,32)/b10-7+. The van der Waals surface area contributed by atoms with Gasteiger partial charge >= 0.3 is 0 Å². The highest BCUT2D eigenvalue weighted by Crippen LogP contribution is 2.34. The van der Waals surface area contributed by atoms with Crippen LogP contribution < -0.4 is 5.32 Å². The number of para-hydroxylation sites is 1. The molecule has 0 saturated carbocycles. The molecule has 0 aliphatic heterocycles. The number of fused-ring (bicyclic) bond motifs is 1. The second-order valence-corrected chi connectivity index (χ2v) is 9.67. The van der Waals surface area contributed by atoms with E-state index in [2.05, 4.69) is 10.3 Å². The zero-order valence-electron chi connectivity index (χ0n) is 17.4. The summed E-state index contributed by atoms with van der Waals surface area (Å²) in [6.07, 6.45) is 2.96. The van der Waals surface area contributed by atoms with Crippen LogP contribution in [0.5, 0.6) is 0 Å². The topological polar surface area (TPSA) is 55.1 Å². The molecule has 0 fully saturated rings. The molecule has 0 saturated heterocycles. The summed E-state index contributed by atoms with van der Waals surface area (Å²) in [6.45, 7) is 0. The van der Waals surface area contributed by atoms with E-state index >= 15 is 0 Å². The number of halogens is 3. The lowest BCUT2D eigenvalue weighted by atomic mass is 10.2. The van der Waals surface area contributed by atoms with Gasteiger partial charge in [0.05, 0.1) is 20.9 Å². The zero-order chi connectivity index (χ0) is 23.7. The molecule has 8 heteroatoms. The zero-order valence-corrected chi connectivity index (χ0v) is 20.5. The van der Waals surface area contributed by atoms with Crippen LogP contribution in [0.3, 0.4) is 0 Å². The Kier molecular flexibility index (Phi) is 6.44. The minimum Gasteiger partial charge on any atom is -0.457 e. The molecule has 2 aromatic heterocycles. The number of anilines is 1. The fourth-order valence-corrected chi connectivity index (χ4v) is 5.03. The molecule has 0 spiro atoms. The van der Waals surface area contributed by atoms with Crippen LogP contribution in [0.1, 0.15) is 5.76 Å². The summed E-state index contributed by atoms with van der Waals surface area (Å²) in [4.78, 5) is 17.2. The molecule has 4 nitrogen and oxygen atoms in total. The lowest BCUT2D eigenvalue weighted by molar-refractivity contribution is -0.111. The van der Waals surface area contributed by atoms with Crippen molar-refractivity contribution in [2.24, 2.45) is 0 Å². The number of carbonyl (C=O) groups is 1. The van der Waals surface area contributed by atoms with Crippen LogP contribution in [-0.2, 0) is 4.79 Å². The number of aromatic nitrogens is 1. The first-order chi connectivity index (χ1) is 16.4. The SMILES string of the molecule is O=C(/C=C/c1ccc(-c2cc(Cl)cc(Cl)c2)o1)Nc1cc(-c2nc3ccccc3s2)ccc1Cl. The normalized spacial score (nSPS) is 11.4. The number of carbonyl (C=O) groups excluding carboxylic acids is 1. The number of thiazole rings is 1. The molecule has 3 aromatic carbocycles. The maximum Gasteiger partial charge on any atom is 0.248 e. The average Bonchev–Trinajstić information content (AvgIpc) is 3.46. The molecule has 1 N–H and O–H groups in total. The Balaban J connectivity index is 1.32. The van der Waals surface area contributed by atoms with Crippen molar-refractivity contribution >= 4 is 74.0 Å². The van der Waals surface area contributed by atoms with Crippen LogP contribution in [0, 0.1) is 0 Å². The van der Waals surface area contributed by atoms with E-state index in [-0.39, 0.29) is 5.91 Å². The third kappa shape index (κ3) is 5.03. The maximum atomic E-state index is 12.5. The first-order valence-electron chi connectivity index (χ1n) is 10.2. The highest BCUT2D eigenvalue weighted by molar-refractivity contribution is 7.21. The molecule has 5 aromatic rings. The molecular weight excluding hydrogens is 511 g/mol. The highest BCUT2D eigenvalue weighted by atomic mass is 35.5. The molecule has 2 heterocycles. The van der Waals surface area contributed by atoms with E-state index in [0.717, 1.165) is 26.4 Å². The predicted octanol–water partition coefficient (Wildman–Crippen LogP) is 8.84. The number of nitrogens with zero attached hydrogens (tertiary/aromatic N) is 1. The van der Waals surface area contributed by atoms with Gasteiger partial charge in [-0.1, -0.05) is 53.0 Å². The van der Waals surface area contributed by atoms with Gasteiger partial charge in [0.15, 0.2) is 0 Å². The summed E-state index contributed by atoms with van der Waals surface area (Å²) in [6, 6.07) is 22.1. The minimum atomic E-state index is -0.341. The van der Waals surface area contributed by atoms with Gasteiger partial charge in [0.1, 0.15) is 16.5 Å². The summed E-state index contributed by atoms with van der Waals surface area (Å²) >= 11 is 20.0. The van der Waals surface area contributed by atoms with E-state index in [1.54, 1.807) is 53.8 Å². The molecule has 168 valence electrons. The fourth-order valence-electron chi connectivity index (χ4n) is 3.38. The summed E-state index contributed by atoms with van der Waals surface area (Å²) in [5, 5.41) is 5.14. The third-order valence-electron chi connectivity index (χ3n) is 4.94. The number of benzene rings is 3. The van der Waals surface area contributed by atoms with Gasteiger partial charge in [-0.3, -0.25) is 4.79 Å². The summed E-state index contributed by atoms with van der Waals surface area (Å²) in [5.74, 6) is 0.763. The van der Waals surface area contributed by atoms with Crippen molar-refractivity contribution in [2.45, 2.75) is 0 Å². The Morgan fingerprint density at radius 2 is 1.71 bits per heavy atom. The van der Waals surface area contributed by atoms with Gasteiger partial charge in [-0.15, -0.1) is 11.3 Å². The Bertz CT molecular complexity index is 1500. The van der Waals surface area contributed by atoms with Crippen molar-refractivity contribution in [1.82, 2.24) is 4.98 Å². The molecule has 0 unspecified atom stereocenters. The minimum absolute atomic E-state index is 0.341. The Hall–Kier alpha value is -3.09. The number of hydrogen-bond acceptors (Lipinski definition) is 4. The van der Waals surface area contributed by atoms with Gasteiger partial charge in [0, 0.05) is 27.2 Å². The number of nitrogens with one attached hydrogen (secondary N) is 1. The fraction of sp³-hybridized carbons (Fsp3) is 0. The van der Waals surface area contributed by atoms with Crippen LogP contribution in [-0.4, -0.2) is 10.9 Å². The lowest BCUT2D eigenvalue weighted by Gasteiger charge is -2.07. The van der Waals surface area contributed by atoms with Crippen LogP contribution in [0.4, 0.5) is 5.69 Å². The van der Waals surface area contributed by atoms with Crippen molar-refractivity contribution in [2.75, 3.05) is 5.32 Å². The van der Waals surface area contributed by atoms with Gasteiger partial charge in [-0.2, -0.15) is 0 Å². The molecule has 0 aliphatic carbocycles. The highest BCUT2D eigenvalue weighted by Gasteiger charge is 2.11. The second kappa shape index (κ2) is 9.65. The van der Waals surface area contributed by atoms with E-state index in [0.29, 0.717) is 32.3 Å². The third-order valence-corrected chi connectivity index (χ3v) is 6.79. The summed E-state index contributed by atoms with van der Waals surface area (Å²) in [7, 11) is 0. The Morgan fingerprint density at radius 3 is 2.50 bits per heavy atom. The van der Waals surface area contributed by atoms with Crippen molar-refractivity contribution in [3.8, 4) is 21.9 Å². The van der Waals surface area contributed by atoms with Crippen LogP contribution in [0.15, 0.2) is 83.3 Å². The molecule has 1 amide bonds.